The van der Waals surface area contributed by atoms with Crippen molar-refractivity contribution in [3.8, 4) is 0 Å². The summed E-state index contributed by atoms with van der Waals surface area (Å²) in [4.78, 5) is 8.60. The van der Waals surface area contributed by atoms with Gasteiger partial charge in [0.15, 0.2) is 5.13 Å². The Labute approximate surface area is 135 Å². The van der Waals surface area contributed by atoms with E-state index in [9.17, 15) is 0 Å². The molecule has 1 atom stereocenters. The van der Waals surface area contributed by atoms with Gasteiger partial charge in [-0.2, -0.15) is 0 Å². The van der Waals surface area contributed by atoms with E-state index in [2.05, 4.69) is 58.8 Å². The predicted molar refractivity (Wildman–Crippen MR) is 95.4 cm³/mol. The van der Waals surface area contributed by atoms with E-state index in [0.29, 0.717) is 12.0 Å². The summed E-state index contributed by atoms with van der Waals surface area (Å²) in [7, 11) is 2.18. The van der Waals surface area contributed by atoms with Gasteiger partial charge in [-0.3, -0.25) is 0 Å². The van der Waals surface area contributed by atoms with E-state index < -0.39 is 0 Å². The molecule has 0 amide bonds. The van der Waals surface area contributed by atoms with Crippen LogP contribution < -0.4 is 10.2 Å². The lowest BCUT2D eigenvalue weighted by atomic mass is 10.0. The van der Waals surface area contributed by atoms with Crippen LogP contribution in [0, 0.1) is 11.8 Å². The minimum Gasteiger partial charge on any atom is -0.348 e. The lowest BCUT2D eigenvalue weighted by Crippen LogP contribution is -2.29. The summed E-state index contributed by atoms with van der Waals surface area (Å²) in [5.41, 5.74) is 1.26. The van der Waals surface area contributed by atoms with Crippen molar-refractivity contribution in [1.82, 2.24) is 10.3 Å². The highest BCUT2D eigenvalue weighted by Crippen LogP contribution is 2.28. The normalized spacial score (nSPS) is 13.2. The molecule has 0 saturated carbocycles. The van der Waals surface area contributed by atoms with Gasteiger partial charge in [-0.1, -0.05) is 34.6 Å². The maximum Gasteiger partial charge on any atom is 0.185 e. The molecule has 0 aromatic carbocycles. The Kier molecular flexibility index (Phi) is 7.67. The minimum atomic E-state index is 0.539. The van der Waals surface area contributed by atoms with Gasteiger partial charge in [0.1, 0.15) is 0 Å². The Balaban J connectivity index is 2.73. The average molecular weight is 312 g/mol. The zero-order valence-electron chi connectivity index (χ0n) is 14.9. The highest BCUT2D eigenvalue weighted by atomic mass is 32.1. The largest absolute Gasteiger partial charge is 0.348 e. The Morgan fingerprint density at radius 2 is 1.81 bits per heavy atom. The fraction of sp³-hybridized carbons (Fsp3) is 0.824. The smallest absolute Gasteiger partial charge is 0.185 e. The third-order valence-corrected chi connectivity index (χ3v) is 4.90. The molecule has 1 heterocycles. The SMILES string of the molecule is CCc1nc(N(C)C(C)CC(C)C)sc1CNCC(C)C. The number of rotatable bonds is 9. The first-order chi connectivity index (χ1) is 9.85. The summed E-state index contributed by atoms with van der Waals surface area (Å²) >= 11 is 1.85. The number of hydrogen-bond acceptors (Lipinski definition) is 4. The fourth-order valence-electron chi connectivity index (χ4n) is 2.44. The van der Waals surface area contributed by atoms with Crippen LogP contribution in [-0.2, 0) is 13.0 Å². The topological polar surface area (TPSA) is 28.2 Å². The molecular formula is C17H33N3S. The Morgan fingerprint density at radius 1 is 1.14 bits per heavy atom. The van der Waals surface area contributed by atoms with E-state index in [1.165, 1.54) is 22.1 Å². The van der Waals surface area contributed by atoms with Crippen LogP contribution in [0.4, 0.5) is 5.13 Å². The van der Waals surface area contributed by atoms with E-state index in [-0.39, 0.29) is 0 Å². The number of aromatic nitrogens is 1. The predicted octanol–water partition coefficient (Wildman–Crippen LogP) is 4.32. The number of hydrogen-bond donors (Lipinski definition) is 1. The molecule has 0 aliphatic heterocycles. The molecule has 21 heavy (non-hydrogen) atoms. The van der Waals surface area contributed by atoms with Crippen molar-refractivity contribution in [2.45, 2.75) is 67.0 Å². The summed E-state index contributed by atoms with van der Waals surface area (Å²) in [6.07, 6.45) is 2.22. The first kappa shape index (κ1) is 18.4. The van der Waals surface area contributed by atoms with E-state index in [0.717, 1.165) is 25.4 Å². The third-order valence-electron chi connectivity index (χ3n) is 3.72. The number of anilines is 1. The monoisotopic (exact) mass is 311 g/mol. The first-order valence-corrected chi connectivity index (χ1v) is 9.08. The van der Waals surface area contributed by atoms with E-state index in [1.807, 2.05) is 11.3 Å². The molecule has 1 N–H and O–H groups in total. The van der Waals surface area contributed by atoms with Crippen molar-refractivity contribution in [3.05, 3.63) is 10.6 Å². The zero-order chi connectivity index (χ0) is 16.0. The van der Waals surface area contributed by atoms with Crippen LogP contribution in [0.1, 0.15) is 58.5 Å². The molecule has 4 heteroatoms. The molecule has 0 aliphatic carbocycles. The highest BCUT2D eigenvalue weighted by molar-refractivity contribution is 7.15. The Bertz CT molecular complexity index is 412. The Morgan fingerprint density at radius 3 is 2.33 bits per heavy atom. The van der Waals surface area contributed by atoms with Crippen LogP contribution in [-0.4, -0.2) is 24.6 Å². The second-order valence-electron chi connectivity index (χ2n) is 6.83. The molecule has 0 saturated heterocycles. The van der Waals surface area contributed by atoms with Gasteiger partial charge in [0.2, 0.25) is 0 Å². The highest BCUT2D eigenvalue weighted by Gasteiger charge is 2.17. The van der Waals surface area contributed by atoms with Gasteiger partial charge in [0, 0.05) is 24.5 Å². The van der Waals surface area contributed by atoms with Gasteiger partial charge in [-0.25, -0.2) is 4.98 Å². The second-order valence-corrected chi connectivity index (χ2v) is 7.90. The second kappa shape index (κ2) is 8.74. The fourth-order valence-corrected chi connectivity index (χ4v) is 3.62. The molecule has 0 bridgehead atoms. The van der Waals surface area contributed by atoms with E-state index >= 15 is 0 Å². The van der Waals surface area contributed by atoms with Gasteiger partial charge in [-0.15, -0.1) is 11.3 Å². The van der Waals surface area contributed by atoms with Gasteiger partial charge in [0.25, 0.3) is 0 Å². The third kappa shape index (κ3) is 5.95. The van der Waals surface area contributed by atoms with Crippen molar-refractivity contribution in [2.24, 2.45) is 11.8 Å². The van der Waals surface area contributed by atoms with Crippen molar-refractivity contribution in [3.63, 3.8) is 0 Å². The summed E-state index contributed by atoms with van der Waals surface area (Å²) in [6, 6.07) is 0.539. The molecule has 0 aliphatic rings. The lowest BCUT2D eigenvalue weighted by Gasteiger charge is -2.25. The standard InChI is InChI=1S/C17H33N3S/c1-8-15-16(11-18-10-13(4)5)21-17(19-15)20(7)14(6)9-12(2)3/h12-14,18H,8-11H2,1-7H3. The van der Waals surface area contributed by atoms with Gasteiger partial charge >= 0.3 is 0 Å². The lowest BCUT2D eigenvalue weighted by molar-refractivity contribution is 0.503. The first-order valence-electron chi connectivity index (χ1n) is 8.27. The van der Waals surface area contributed by atoms with E-state index in [4.69, 9.17) is 4.98 Å². The summed E-state index contributed by atoms with van der Waals surface area (Å²) in [5, 5.41) is 4.71. The number of nitrogens with zero attached hydrogens (tertiary/aromatic N) is 2. The average Bonchev–Trinajstić information content (AvgIpc) is 2.79. The van der Waals surface area contributed by atoms with Crippen LogP contribution in [0.3, 0.4) is 0 Å². The number of aryl methyl sites for hydroxylation is 1. The number of thiazole rings is 1. The maximum atomic E-state index is 4.86. The molecule has 0 radical (unpaired) electrons. The molecule has 122 valence electrons. The van der Waals surface area contributed by atoms with Crippen LogP contribution >= 0.6 is 11.3 Å². The molecule has 1 aromatic heterocycles. The summed E-state index contributed by atoms with van der Waals surface area (Å²) in [6.45, 7) is 15.6. The van der Waals surface area contributed by atoms with Crippen LogP contribution in [0.25, 0.3) is 0 Å². The number of nitrogens with one attached hydrogen (secondary N) is 1. The van der Waals surface area contributed by atoms with Crippen LogP contribution in [0.5, 0.6) is 0 Å². The zero-order valence-corrected chi connectivity index (χ0v) is 15.7. The molecule has 3 nitrogen and oxygen atoms in total. The van der Waals surface area contributed by atoms with Crippen molar-refractivity contribution in [1.29, 1.82) is 0 Å². The van der Waals surface area contributed by atoms with Gasteiger partial charge in [-0.05, 0) is 38.1 Å². The van der Waals surface area contributed by atoms with Crippen LogP contribution in [0.2, 0.25) is 0 Å². The van der Waals surface area contributed by atoms with Gasteiger partial charge < -0.3 is 10.2 Å². The molecule has 0 spiro atoms. The molecule has 1 rings (SSSR count). The molecular weight excluding hydrogens is 278 g/mol. The Hall–Kier alpha value is -0.610. The summed E-state index contributed by atoms with van der Waals surface area (Å²) in [5.74, 6) is 1.41. The van der Waals surface area contributed by atoms with Crippen LogP contribution in [0.15, 0.2) is 0 Å². The molecule has 1 unspecified atom stereocenters. The van der Waals surface area contributed by atoms with Gasteiger partial charge in [0.05, 0.1) is 5.69 Å². The molecule has 1 aromatic rings. The summed E-state index contributed by atoms with van der Waals surface area (Å²) < 4.78 is 0. The molecule has 0 fully saturated rings. The maximum absolute atomic E-state index is 4.86. The minimum absolute atomic E-state index is 0.539. The van der Waals surface area contributed by atoms with Crippen molar-refractivity contribution in [2.75, 3.05) is 18.5 Å². The quantitative estimate of drug-likeness (QED) is 0.736. The van der Waals surface area contributed by atoms with Crippen molar-refractivity contribution >= 4 is 16.5 Å². The van der Waals surface area contributed by atoms with Crippen molar-refractivity contribution < 1.29 is 0 Å². The van der Waals surface area contributed by atoms with E-state index in [1.54, 1.807) is 0 Å².